The molecule has 0 spiro atoms. The summed E-state index contributed by atoms with van der Waals surface area (Å²) < 4.78 is 26.5. The molecule has 2 aliphatic rings. The molecule has 20 heavy (non-hydrogen) atoms. The number of alkyl halides is 2. The molecule has 2 fully saturated rings. The molecule has 0 bridgehead atoms. The second-order valence-corrected chi connectivity index (χ2v) is 5.49. The Bertz CT molecular complexity index is 430. The monoisotopic (exact) mass is 285 g/mol. The number of imidazole rings is 1. The summed E-state index contributed by atoms with van der Waals surface area (Å²) in [5.74, 6) is 0.459. The van der Waals surface area contributed by atoms with Gasteiger partial charge in [-0.1, -0.05) is 0 Å². The van der Waals surface area contributed by atoms with Gasteiger partial charge in [-0.2, -0.15) is 8.78 Å². The van der Waals surface area contributed by atoms with Gasteiger partial charge in [0.1, 0.15) is 5.82 Å². The fraction of sp³-hybridized carbons (Fsp3) is 0.769. The van der Waals surface area contributed by atoms with E-state index >= 15 is 0 Å². The van der Waals surface area contributed by atoms with Crippen LogP contribution in [0.5, 0.6) is 0 Å². The first kappa shape index (κ1) is 13.9. The Balaban J connectivity index is 1.56. The number of nitrogens with one attached hydrogen (secondary N) is 1. The van der Waals surface area contributed by atoms with Crippen LogP contribution in [0, 0.1) is 0 Å². The molecule has 0 aliphatic carbocycles. The number of hydrogen-bond acceptors (Lipinski definition) is 4. The average molecular weight is 285 g/mol. The van der Waals surface area contributed by atoms with Crippen molar-refractivity contribution in [3.05, 3.63) is 18.2 Å². The molecule has 1 N–H and O–H groups in total. The van der Waals surface area contributed by atoms with Gasteiger partial charge in [0, 0.05) is 57.7 Å². The summed E-state index contributed by atoms with van der Waals surface area (Å²) in [5.41, 5.74) is 0. The van der Waals surface area contributed by atoms with E-state index < -0.39 is 6.55 Å². The Morgan fingerprint density at radius 3 is 2.85 bits per heavy atom. The summed E-state index contributed by atoms with van der Waals surface area (Å²) in [4.78, 5) is 8.80. The minimum absolute atomic E-state index is 0.459. The summed E-state index contributed by atoms with van der Waals surface area (Å²) >= 11 is 0. The lowest BCUT2D eigenvalue weighted by atomic mass is 10.2. The highest BCUT2D eigenvalue weighted by Crippen LogP contribution is 2.20. The third-order valence-corrected chi connectivity index (χ3v) is 4.24. The molecule has 1 unspecified atom stereocenters. The third-order valence-electron chi connectivity index (χ3n) is 4.24. The molecular weight excluding hydrogens is 264 g/mol. The van der Waals surface area contributed by atoms with Gasteiger partial charge in [-0.3, -0.25) is 14.4 Å². The van der Waals surface area contributed by atoms with Crippen LogP contribution in [0.1, 0.15) is 18.8 Å². The van der Waals surface area contributed by atoms with Gasteiger partial charge in [-0.25, -0.2) is 4.98 Å². The Kier molecular flexibility index (Phi) is 4.28. The fourth-order valence-corrected chi connectivity index (χ4v) is 3.15. The zero-order chi connectivity index (χ0) is 13.9. The van der Waals surface area contributed by atoms with Gasteiger partial charge in [-0.05, 0) is 6.42 Å². The third kappa shape index (κ3) is 2.99. The van der Waals surface area contributed by atoms with Crippen LogP contribution >= 0.6 is 0 Å². The zero-order valence-corrected chi connectivity index (χ0v) is 11.5. The van der Waals surface area contributed by atoms with Gasteiger partial charge in [0.05, 0.1) is 6.54 Å². The maximum absolute atomic E-state index is 12.8. The molecule has 0 amide bonds. The first-order valence-electron chi connectivity index (χ1n) is 7.21. The number of halogens is 2. The molecule has 0 aromatic carbocycles. The Hall–Kier alpha value is -1.05. The van der Waals surface area contributed by atoms with E-state index in [-0.39, 0.29) is 0 Å². The maximum atomic E-state index is 12.8. The molecule has 5 nitrogen and oxygen atoms in total. The van der Waals surface area contributed by atoms with Crippen molar-refractivity contribution in [3.8, 4) is 0 Å². The standard InChI is InChI=1S/C13H21F2N5/c14-13(15)20-8-4-17-12(20)10-18-5-1-11(9-18)19-6-2-16-3-7-19/h4,8,11,13,16H,1-3,5-7,9-10H2. The quantitative estimate of drug-likeness (QED) is 0.886. The Morgan fingerprint density at radius 1 is 1.30 bits per heavy atom. The first-order chi connectivity index (χ1) is 9.74. The van der Waals surface area contributed by atoms with Crippen LogP contribution in [0.2, 0.25) is 0 Å². The molecule has 2 saturated heterocycles. The van der Waals surface area contributed by atoms with Crippen molar-refractivity contribution in [2.24, 2.45) is 0 Å². The van der Waals surface area contributed by atoms with E-state index in [4.69, 9.17) is 0 Å². The van der Waals surface area contributed by atoms with Crippen LogP contribution in [-0.4, -0.2) is 64.7 Å². The van der Waals surface area contributed by atoms with Gasteiger partial charge in [0.2, 0.25) is 0 Å². The topological polar surface area (TPSA) is 36.3 Å². The highest BCUT2D eigenvalue weighted by Gasteiger charge is 2.29. The summed E-state index contributed by atoms with van der Waals surface area (Å²) in [6.45, 7) is 4.20. The lowest BCUT2D eigenvalue weighted by Crippen LogP contribution is -2.49. The number of likely N-dealkylation sites (tertiary alicyclic amines) is 1. The largest absolute Gasteiger partial charge is 0.319 e. The van der Waals surface area contributed by atoms with E-state index in [1.807, 2.05) is 0 Å². The van der Waals surface area contributed by atoms with Crippen LogP contribution < -0.4 is 5.32 Å². The Morgan fingerprint density at radius 2 is 2.10 bits per heavy atom. The zero-order valence-electron chi connectivity index (χ0n) is 11.5. The predicted octanol–water partition coefficient (Wildman–Crippen LogP) is 0.758. The van der Waals surface area contributed by atoms with Gasteiger partial charge in [0.25, 0.3) is 0 Å². The van der Waals surface area contributed by atoms with E-state index in [1.165, 1.54) is 12.4 Å². The fourth-order valence-electron chi connectivity index (χ4n) is 3.15. The van der Waals surface area contributed by atoms with Crippen molar-refractivity contribution >= 4 is 0 Å². The van der Waals surface area contributed by atoms with E-state index in [2.05, 4.69) is 20.1 Å². The van der Waals surface area contributed by atoms with E-state index in [0.717, 1.165) is 50.3 Å². The summed E-state index contributed by atoms with van der Waals surface area (Å²) in [6, 6.07) is 0.562. The van der Waals surface area contributed by atoms with E-state index in [0.29, 0.717) is 18.4 Å². The SMILES string of the molecule is FC(F)n1ccnc1CN1CCC(N2CCNCC2)C1. The van der Waals surface area contributed by atoms with Crippen molar-refractivity contribution in [1.82, 2.24) is 24.7 Å². The predicted molar refractivity (Wildman–Crippen MR) is 71.6 cm³/mol. The molecular formula is C13H21F2N5. The molecule has 1 aromatic rings. The summed E-state index contributed by atoms with van der Waals surface area (Å²) in [5, 5.41) is 3.35. The van der Waals surface area contributed by atoms with E-state index in [1.54, 1.807) is 0 Å². The minimum atomic E-state index is -2.50. The number of hydrogen-bond donors (Lipinski definition) is 1. The van der Waals surface area contributed by atoms with Crippen molar-refractivity contribution in [3.63, 3.8) is 0 Å². The van der Waals surface area contributed by atoms with Gasteiger partial charge < -0.3 is 5.32 Å². The highest BCUT2D eigenvalue weighted by atomic mass is 19.3. The molecule has 2 aliphatic heterocycles. The van der Waals surface area contributed by atoms with E-state index in [9.17, 15) is 8.78 Å². The first-order valence-corrected chi connectivity index (χ1v) is 7.21. The average Bonchev–Trinajstić information content (AvgIpc) is 3.09. The second kappa shape index (κ2) is 6.15. The summed E-state index contributed by atoms with van der Waals surface area (Å²) in [6.07, 6.45) is 3.92. The van der Waals surface area contributed by atoms with Crippen molar-refractivity contribution in [1.29, 1.82) is 0 Å². The molecule has 112 valence electrons. The molecule has 0 saturated carbocycles. The minimum Gasteiger partial charge on any atom is -0.314 e. The van der Waals surface area contributed by atoms with Crippen LogP contribution in [0.15, 0.2) is 12.4 Å². The second-order valence-electron chi connectivity index (χ2n) is 5.49. The number of rotatable bonds is 4. The van der Waals surface area contributed by atoms with Gasteiger partial charge in [0.15, 0.2) is 0 Å². The lowest BCUT2D eigenvalue weighted by molar-refractivity contribution is 0.0642. The highest BCUT2D eigenvalue weighted by molar-refractivity contribution is 4.95. The lowest BCUT2D eigenvalue weighted by Gasteiger charge is -2.32. The van der Waals surface area contributed by atoms with Crippen LogP contribution in [0.25, 0.3) is 0 Å². The van der Waals surface area contributed by atoms with Crippen LogP contribution in [-0.2, 0) is 6.54 Å². The molecule has 7 heteroatoms. The van der Waals surface area contributed by atoms with Gasteiger partial charge in [-0.15, -0.1) is 0 Å². The molecule has 3 heterocycles. The smallest absolute Gasteiger partial charge is 0.314 e. The van der Waals surface area contributed by atoms with Gasteiger partial charge >= 0.3 is 6.55 Å². The van der Waals surface area contributed by atoms with Crippen molar-refractivity contribution < 1.29 is 8.78 Å². The Labute approximate surface area is 117 Å². The summed E-state index contributed by atoms with van der Waals surface area (Å²) in [7, 11) is 0. The molecule has 3 rings (SSSR count). The van der Waals surface area contributed by atoms with Crippen molar-refractivity contribution in [2.75, 3.05) is 39.3 Å². The van der Waals surface area contributed by atoms with Crippen molar-refractivity contribution in [2.45, 2.75) is 25.6 Å². The van der Waals surface area contributed by atoms with Crippen LogP contribution in [0.3, 0.4) is 0 Å². The number of nitrogens with zero attached hydrogens (tertiary/aromatic N) is 4. The maximum Gasteiger partial charge on any atom is 0.319 e. The number of piperazine rings is 1. The molecule has 0 radical (unpaired) electrons. The number of aromatic nitrogens is 2. The van der Waals surface area contributed by atoms with Crippen LogP contribution in [0.4, 0.5) is 8.78 Å². The molecule has 1 aromatic heterocycles. The normalized spacial score (nSPS) is 25.6. The molecule has 1 atom stereocenters.